The van der Waals surface area contributed by atoms with E-state index in [1.807, 2.05) is 0 Å². The van der Waals surface area contributed by atoms with E-state index >= 15 is 0 Å². The smallest absolute Gasteiger partial charge is 0.333 e. The number of nitrogens with one attached hydrogen (secondary N) is 2. The maximum atomic E-state index is 13.7. The molecule has 0 bridgehead atoms. The predicted molar refractivity (Wildman–Crippen MR) is 129 cm³/mol. The van der Waals surface area contributed by atoms with Crippen LogP contribution in [0, 0.1) is 29.1 Å². The molecule has 0 saturated carbocycles. The Bertz CT molecular complexity index is 1230. The van der Waals surface area contributed by atoms with Crippen molar-refractivity contribution in [3.63, 3.8) is 0 Å². The van der Waals surface area contributed by atoms with Crippen LogP contribution in [0.4, 0.5) is 22.0 Å². The number of carbonyl (C=O) groups excluding carboxylic acids is 6. The summed E-state index contributed by atoms with van der Waals surface area (Å²) in [6.07, 6.45) is 2.21. The number of benzene rings is 1. The molecule has 224 valence electrons. The van der Waals surface area contributed by atoms with E-state index < -0.39 is 82.4 Å². The van der Waals surface area contributed by atoms with Gasteiger partial charge in [-0.3, -0.25) is 28.9 Å². The molecule has 0 radical (unpaired) electrons. The molecule has 2 rings (SSSR count). The summed E-state index contributed by atoms with van der Waals surface area (Å²) in [7, 11) is 0. The number of ether oxygens (including phenoxy) is 1. The lowest BCUT2D eigenvalue weighted by molar-refractivity contribution is -0.140. The number of carbonyl (C=O) groups is 6. The summed E-state index contributed by atoms with van der Waals surface area (Å²) in [6, 6.07) is -2.90. The number of hydrogen-bond donors (Lipinski definition) is 2. The Labute approximate surface area is 230 Å². The van der Waals surface area contributed by atoms with Gasteiger partial charge in [0.2, 0.25) is 52.6 Å². The van der Waals surface area contributed by atoms with Crippen LogP contribution in [0.2, 0.25) is 0 Å². The molecule has 5 amide bonds. The van der Waals surface area contributed by atoms with Crippen molar-refractivity contribution in [2.75, 3.05) is 19.6 Å². The molecule has 1 aromatic carbocycles. The van der Waals surface area contributed by atoms with Crippen molar-refractivity contribution >= 4 is 35.5 Å². The molecule has 2 N–H and O–H groups in total. The number of hydrogen-bond acceptors (Lipinski definition) is 7. The monoisotopic (exact) mass is 590 g/mol. The van der Waals surface area contributed by atoms with E-state index in [-0.39, 0.29) is 25.9 Å². The lowest BCUT2D eigenvalue weighted by Gasteiger charge is -2.24. The first kappa shape index (κ1) is 32.8. The lowest BCUT2D eigenvalue weighted by Crippen LogP contribution is -2.50. The van der Waals surface area contributed by atoms with Crippen molar-refractivity contribution in [2.24, 2.45) is 0 Å². The summed E-state index contributed by atoms with van der Waals surface area (Å²) < 4.78 is 71.5. The first-order chi connectivity index (χ1) is 19.2. The number of esters is 1. The van der Waals surface area contributed by atoms with Gasteiger partial charge in [0.1, 0.15) is 12.1 Å². The van der Waals surface area contributed by atoms with Crippen LogP contribution in [0.3, 0.4) is 0 Å². The molecule has 1 aromatic rings. The fourth-order valence-electron chi connectivity index (χ4n) is 3.52. The Morgan fingerprint density at radius 1 is 0.829 bits per heavy atom. The zero-order chi connectivity index (χ0) is 31.0. The largest absolute Gasteiger partial charge is 0.418 e. The second-order valence-corrected chi connectivity index (χ2v) is 8.88. The summed E-state index contributed by atoms with van der Waals surface area (Å²) in [6.45, 7) is 4.37. The van der Waals surface area contributed by atoms with E-state index in [2.05, 4.69) is 15.4 Å². The van der Waals surface area contributed by atoms with Gasteiger partial charge >= 0.3 is 5.97 Å². The van der Waals surface area contributed by atoms with Crippen LogP contribution >= 0.6 is 0 Å². The number of amides is 5. The zero-order valence-corrected chi connectivity index (χ0v) is 22.2. The van der Waals surface area contributed by atoms with Crippen molar-refractivity contribution < 1.29 is 55.5 Å². The molecule has 1 heterocycles. The summed E-state index contributed by atoms with van der Waals surface area (Å²) >= 11 is 0. The predicted octanol–water partition coefficient (Wildman–Crippen LogP) is 1.24. The number of halogens is 5. The van der Waals surface area contributed by atoms with Crippen molar-refractivity contribution in [3.8, 4) is 5.75 Å². The Balaban J connectivity index is 1.85. The van der Waals surface area contributed by atoms with E-state index in [0.29, 0.717) is 13.0 Å². The topological polar surface area (TPSA) is 142 Å². The van der Waals surface area contributed by atoms with E-state index in [0.717, 1.165) is 24.0 Å². The van der Waals surface area contributed by atoms with Crippen LogP contribution in [-0.4, -0.2) is 77.0 Å². The number of imide groups is 1. The van der Waals surface area contributed by atoms with Gasteiger partial charge in [0.25, 0.3) is 11.8 Å². The van der Waals surface area contributed by atoms with Gasteiger partial charge in [-0.25, -0.2) is 18.0 Å². The molecule has 16 heteroatoms. The Hall–Kier alpha value is -4.37. The van der Waals surface area contributed by atoms with Crippen LogP contribution in [0.5, 0.6) is 5.75 Å². The molecule has 1 aliphatic rings. The lowest BCUT2D eigenvalue weighted by atomic mass is 10.2. The minimum absolute atomic E-state index is 0.0231. The molecule has 0 fully saturated rings. The van der Waals surface area contributed by atoms with Crippen molar-refractivity contribution in [1.82, 2.24) is 20.4 Å². The first-order valence-electron chi connectivity index (χ1n) is 12.3. The minimum Gasteiger partial charge on any atom is -0.418 e. The molecule has 11 nitrogen and oxygen atoms in total. The van der Waals surface area contributed by atoms with Gasteiger partial charge < -0.3 is 20.3 Å². The number of rotatable bonds is 13. The van der Waals surface area contributed by atoms with E-state index in [4.69, 9.17) is 0 Å². The van der Waals surface area contributed by atoms with Crippen molar-refractivity contribution in [2.45, 2.75) is 52.1 Å². The fourth-order valence-corrected chi connectivity index (χ4v) is 3.52. The second kappa shape index (κ2) is 14.3. The molecular formula is C25H27F5N4O7. The molecule has 1 aliphatic heterocycles. The molecule has 2 atom stereocenters. The highest BCUT2D eigenvalue weighted by Crippen LogP contribution is 2.29. The first-order valence-corrected chi connectivity index (χ1v) is 12.3. The average Bonchev–Trinajstić information content (AvgIpc) is 3.25. The molecular weight excluding hydrogens is 563 g/mol. The minimum atomic E-state index is -2.45. The van der Waals surface area contributed by atoms with Crippen molar-refractivity contribution in [3.05, 3.63) is 41.2 Å². The average molecular weight is 591 g/mol. The molecule has 0 aromatic heterocycles. The maximum absolute atomic E-state index is 13.7. The van der Waals surface area contributed by atoms with Gasteiger partial charge in [0.05, 0.1) is 0 Å². The van der Waals surface area contributed by atoms with Crippen LogP contribution < -0.4 is 15.4 Å². The summed E-state index contributed by atoms with van der Waals surface area (Å²) in [4.78, 5) is 75.0. The summed E-state index contributed by atoms with van der Waals surface area (Å²) in [5.41, 5.74) is 0. The van der Waals surface area contributed by atoms with Gasteiger partial charge in [0, 0.05) is 44.6 Å². The van der Waals surface area contributed by atoms with Gasteiger partial charge in [-0.2, -0.15) is 8.78 Å². The molecule has 0 unspecified atom stereocenters. The highest BCUT2D eigenvalue weighted by Gasteiger charge is 2.31. The van der Waals surface area contributed by atoms with Crippen LogP contribution in [0.25, 0.3) is 0 Å². The molecule has 0 aliphatic carbocycles. The van der Waals surface area contributed by atoms with Crippen molar-refractivity contribution in [1.29, 1.82) is 0 Å². The van der Waals surface area contributed by atoms with Gasteiger partial charge in [0.15, 0.2) is 0 Å². The summed E-state index contributed by atoms with van der Waals surface area (Å²) in [5, 5.41) is 4.35. The highest BCUT2D eigenvalue weighted by molar-refractivity contribution is 6.12. The quantitative estimate of drug-likeness (QED) is 0.0880. The maximum Gasteiger partial charge on any atom is 0.333 e. The number of nitrogens with zero attached hydrogens (tertiary/aromatic N) is 2. The van der Waals surface area contributed by atoms with Gasteiger partial charge in [-0.1, -0.05) is 6.92 Å². The Morgan fingerprint density at radius 3 is 1.90 bits per heavy atom. The normalized spacial score (nSPS) is 14.1. The van der Waals surface area contributed by atoms with Crippen LogP contribution in [0.1, 0.15) is 40.0 Å². The van der Waals surface area contributed by atoms with E-state index in [1.165, 1.54) is 11.8 Å². The van der Waals surface area contributed by atoms with E-state index in [9.17, 15) is 50.7 Å². The van der Waals surface area contributed by atoms with Gasteiger partial charge in [-0.15, -0.1) is 0 Å². The van der Waals surface area contributed by atoms with Crippen LogP contribution in [-0.2, 0) is 28.8 Å². The Kier molecular flexibility index (Phi) is 11.5. The summed E-state index contributed by atoms with van der Waals surface area (Å²) in [5.74, 6) is -18.4. The Morgan fingerprint density at radius 2 is 1.37 bits per heavy atom. The standard InChI is InChI=1S/C25H27F5N4O7/c1-4-9-33(10-11-34-16(37)7-8-17(34)38)15(36)6-5-14(35)31-12(2)24(39)32-13(3)25(40)41-23-21(29)19(27)18(26)20(28)22(23)30/h7-8,12-13H,4-6,9-11H2,1-3H3,(H,31,35)(H,32,39)/t12-,13-/m0/s1. The van der Waals surface area contributed by atoms with Crippen LogP contribution in [0.15, 0.2) is 12.2 Å². The molecule has 41 heavy (non-hydrogen) atoms. The third kappa shape index (κ3) is 8.31. The highest BCUT2D eigenvalue weighted by atomic mass is 19.2. The van der Waals surface area contributed by atoms with Gasteiger partial charge in [-0.05, 0) is 20.3 Å². The zero-order valence-electron chi connectivity index (χ0n) is 22.2. The van der Waals surface area contributed by atoms with E-state index in [1.54, 1.807) is 6.92 Å². The SMILES string of the molecule is CCCN(CCN1C(=O)C=CC1=O)C(=O)CCC(=O)N[C@@H](C)C(=O)N[C@@H](C)C(=O)Oc1c(F)c(F)c(F)c(F)c1F. The second-order valence-electron chi connectivity index (χ2n) is 8.88. The fraction of sp³-hybridized carbons (Fsp3) is 0.440. The third-order valence-corrected chi connectivity index (χ3v) is 5.76. The molecule has 0 spiro atoms. The third-order valence-electron chi connectivity index (χ3n) is 5.76. The molecule has 0 saturated heterocycles.